The third-order valence-corrected chi connectivity index (χ3v) is 3.26. The maximum atomic E-state index is 12.0. The number of aryl methyl sites for hydroxylation is 1. The van der Waals surface area contributed by atoms with E-state index in [1.807, 2.05) is 31.2 Å². The Morgan fingerprint density at radius 1 is 1.41 bits per heavy atom. The molecule has 1 amide bonds. The Morgan fingerprint density at radius 2 is 2.06 bits per heavy atom. The van der Waals surface area contributed by atoms with E-state index < -0.39 is 0 Å². The summed E-state index contributed by atoms with van der Waals surface area (Å²) in [4.78, 5) is 12.0. The minimum Gasteiger partial charge on any atom is -0.396 e. The van der Waals surface area contributed by atoms with Gasteiger partial charge in [0.25, 0.3) is 5.91 Å². The first kappa shape index (κ1) is 12.1. The fraction of sp³-hybridized carbons (Fsp3) is 0.500. The van der Waals surface area contributed by atoms with Gasteiger partial charge in [-0.3, -0.25) is 4.79 Å². The number of hydrogen-bond donors (Lipinski definition) is 2. The Bertz CT molecular complexity index is 382. The molecule has 1 unspecified atom stereocenters. The van der Waals surface area contributed by atoms with Crippen molar-refractivity contribution in [2.24, 2.45) is 5.92 Å². The topological polar surface area (TPSA) is 49.3 Å². The fourth-order valence-electron chi connectivity index (χ4n) is 2.02. The number of carbonyl (C=O) groups is 1. The molecule has 92 valence electrons. The van der Waals surface area contributed by atoms with Gasteiger partial charge in [0.1, 0.15) is 0 Å². The maximum Gasteiger partial charge on any atom is 0.251 e. The molecule has 0 saturated heterocycles. The summed E-state index contributed by atoms with van der Waals surface area (Å²) in [6, 6.07) is 7.69. The fourth-order valence-corrected chi connectivity index (χ4v) is 2.02. The number of rotatable bonds is 5. The molecule has 1 fully saturated rings. The van der Waals surface area contributed by atoms with Crippen molar-refractivity contribution in [3.05, 3.63) is 35.4 Å². The van der Waals surface area contributed by atoms with Gasteiger partial charge in [-0.25, -0.2) is 0 Å². The van der Waals surface area contributed by atoms with Gasteiger partial charge in [0.15, 0.2) is 0 Å². The van der Waals surface area contributed by atoms with Gasteiger partial charge in [0.05, 0.1) is 0 Å². The maximum absolute atomic E-state index is 12.0. The molecule has 1 saturated carbocycles. The highest BCUT2D eigenvalue weighted by atomic mass is 16.3. The zero-order chi connectivity index (χ0) is 12.3. The molecule has 3 nitrogen and oxygen atoms in total. The zero-order valence-corrected chi connectivity index (χ0v) is 10.1. The summed E-state index contributed by atoms with van der Waals surface area (Å²) in [7, 11) is 0. The van der Waals surface area contributed by atoms with Crippen LogP contribution in [0.3, 0.4) is 0 Å². The predicted molar refractivity (Wildman–Crippen MR) is 66.9 cm³/mol. The Hall–Kier alpha value is -1.35. The van der Waals surface area contributed by atoms with Crippen LogP contribution in [0.15, 0.2) is 24.3 Å². The summed E-state index contributed by atoms with van der Waals surface area (Å²) < 4.78 is 0. The molecule has 0 radical (unpaired) electrons. The van der Waals surface area contributed by atoms with Crippen molar-refractivity contribution in [1.82, 2.24) is 5.32 Å². The van der Waals surface area contributed by atoms with E-state index in [0.717, 1.165) is 5.56 Å². The lowest BCUT2D eigenvalue weighted by Gasteiger charge is -2.17. The van der Waals surface area contributed by atoms with Crippen molar-refractivity contribution in [3.63, 3.8) is 0 Å². The number of benzene rings is 1. The van der Waals surface area contributed by atoms with E-state index >= 15 is 0 Å². The van der Waals surface area contributed by atoms with Crippen LogP contribution in [0.4, 0.5) is 0 Å². The van der Waals surface area contributed by atoms with E-state index in [2.05, 4.69) is 5.32 Å². The molecule has 1 aliphatic carbocycles. The van der Waals surface area contributed by atoms with E-state index in [-0.39, 0.29) is 18.6 Å². The molecule has 3 heteroatoms. The number of nitrogens with one attached hydrogen (secondary N) is 1. The molecule has 17 heavy (non-hydrogen) atoms. The zero-order valence-electron chi connectivity index (χ0n) is 10.1. The number of aliphatic hydroxyl groups excluding tert-OH is 1. The lowest BCUT2D eigenvalue weighted by molar-refractivity contribution is 0.0924. The van der Waals surface area contributed by atoms with Crippen LogP contribution in [0.25, 0.3) is 0 Å². The molecule has 1 aromatic carbocycles. The first-order valence-electron chi connectivity index (χ1n) is 6.19. The van der Waals surface area contributed by atoms with Crippen molar-refractivity contribution < 1.29 is 9.90 Å². The van der Waals surface area contributed by atoms with Gasteiger partial charge in [-0.2, -0.15) is 0 Å². The number of aliphatic hydroxyl groups is 1. The van der Waals surface area contributed by atoms with E-state index in [9.17, 15) is 4.79 Å². The number of hydrogen-bond acceptors (Lipinski definition) is 2. The molecule has 1 atom stereocenters. The Balaban J connectivity index is 1.97. The van der Waals surface area contributed by atoms with Gasteiger partial charge in [-0.1, -0.05) is 17.7 Å². The van der Waals surface area contributed by atoms with Crippen molar-refractivity contribution in [2.45, 2.75) is 32.2 Å². The van der Waals surface area contributed by atoms with E-state index in [1.165, 1.54) is 12.8 Å². The summed E-state index contributed by atoms with van der Waals surface area (Å²) in [5.41, 5.74) is 1.84. The average Bonchev–Trinajstić information content (AvgIpc) is 3.13. The molecule has 1 aliphatic rings. The second kappa shape index (κ2) is 5.32. The summed E-state index contributed by atoms with van der Waals surface area (Å²) in [6.45, 7) is 2.13. The van der Waals surface area contributed by atoms with Crippen LogP contribution in [0.5, 0.6) is 0 Å². The quantitative estimate of drug-likeness (QED) is 0.816. The molecule has 2 rings (SSSR count). The van der Waals surface area contributed by atoms with Gasteiger partial charge in [0, 0.05) is 18.2 Å². The largest absolute Gasteiger partial charge is 0.396 e. The molecule has 0 spiro atoms. The van der Waals surface area contributed by atoms with Crippen molar-refractivity contribution in [1.29, 1.82) is 0 Å². The van der Waals surface area contributed by atoms with Crippen molar-refractivity contribution in [3.8, 4) is 0 Å². The van der Waals surface area contributed by atoms with E-state index in [1.54, 1.807) is 0 Å². The van der Waals surface area contributed by atoms with E-state index in [0.29, 0.717) is 17.9 Å². The first-order chi connectivity index (χ1) is 8.20. The van der Waals surface area contributed by atoms with Crippen LogP contribution in [0.2, 0.25) is 0 Å². The van der Waals surface area contributed by atoms with Crippen molar-refractivity contribution in [2.75, 3.05) is 6.61 Å². The van der Waals surface area contributed by atoms with Gasteiger partial charge >= 0.3 is 0 Å². The van der Waals surface area contributed by atoms with Crippen LogP contribution >= 0.6 is 0 Å². The SMILES string of the molecule is Cc1ccc(C(=O)NC(CCO)C2CC2)cc1. The molecular weight excluding hydrogens is 214 g/mol. The summed E-state index contributed by atoms with van der Waals surface area (Å²) in [5.74, 6) is 0.534. The molecule has 0 bridgehead atoms. The van der Waals surface area contributed by atoms with E-state index in [4.69, 9.17) is 5.11 Å². The minimum absolute atomic E-state index is 0.0321. The van der Waals surface area contributed by atoms with Crippen LogP contribution in [-0.4, -0.2) is 23.7 Å². The van der Waals surface area contributed by atoms with Crippen LogP contribution in [-0.2, 0) is 0 Å². The summed E-state index contributed by atoms with van der Waals surface area (Å²) in [6.07, 6.45) is 2.99. The lowest BCUT2D eigenvalue weighted by Crippen LogP contribution is -2.37. The van der Waals surface area contributed by atoms with Crippen LogP contribution < -0.4 is 5.32 Å². The standard InChI is InChI=1S/C14H19NO2/c1-10-2-4-12(5-3-10)14(17)15-13(8-9-16)11-6-7-11/h2-5,11,13,16H,6-9H2,1H3,(H,15,17). The Morgan fingerprint density at radius 3 is 2.59 bits per heavy atom. The monoisotopic (exact) mass is 233 g/mol. The molecule has 2 N–H and O–H groups in total. The lowest BCUT2D eigenvalue weighted by atomic mass is 10.1. The predicted octanol–water partition coefficient (Wildman–Crippen LogP) is 1.89. The normalized spacial score (nSPS) is 16.6. The van der Waals surface area contributed by atoms with Gasteiger partial charge in [-0.15, -0.1) is 0 Å². The Labute approximate surface area is 102 Å². The van der Waals surface area contributed by atoms with Gasteiger partial charge < -0.3 is 10.4 Å². The highest BCUT2D eigenvalue weighted by Gasteiger charge is 2.31. The number of amides is 1. The molecule has 1 aromatic rings. The third kappa shape index (κ3) is 3.30. The third-order valence-electron chi connectivity index (χ3n) is 3.26. The number of carbonyl (C=O) groups excluding carboxylic acids is 1. The van der Waals surface area contributed by atoms with Gasteiger partial charge in [0.2, 0.25) is 0 Å². The summed E-state index contributed by atoms with van der Waals surface area (Å²) in [5, 5.41) is 12.0. The van der Waals surface area contributed by atoms with Gasteiger partial charge in [-0.05, 0) is 44.2 Å². The highest BCUT2D eigenvalue weighted by Crippen LogP contribution is 2.34. The molecular formula is C14H19NO2. The first-order valence-corrected chi connectivity index (χ1v) is 6.19. The second-order valence-corrected chi connectivity index (χ2v) is 4.80. The van der Waals surface area contributed by atoms with Crippen LogP contribution in [0, 0.1) is 12.8 Å². The molecule has 0 aliphatic heterocycles. The molecule has 0 aromatic heterocycles. The minimum atomic E-state index is -0.0321. The highest BCUT2D eigenvalue weighted by molar-refractivity contribution is 5.94. The second-order valence-electron chi connectivity index (χ2n) is 4.80. The van der Waals surface area contributed by atoms with Crippen LogP contribution in [0.1, 0.15) is 35.2 Å². The molecule has 0 heterocycles. The van der Waals surface area contributed by atoms with Crippen molar-refractivity contribution >= 4 is 5.91 Å². The average molecular weight is 233 g/mol. The Kier molecular flexibility index (Phi) is 3.79. The smallest absolute Gasteiger partial charge is 0.251 e. The summed E-state index contributed by atoms with van der Waals surface area (Å²) >= 11 is 0.